The Morgan fingerprint density at radius 2 is 1.95 bits per heavy atom. The Morgan fingerprint density at radius 3 is 2.63 bits per heavy atom. The third-order valence-corrected chi connectivity index (χ3v) is 4.17. The van der Waals surface area contributed by atoms with Gasteiger partial charge in [-0.2, -0.15) is 0 Å². The zero-order valence-electron chi connectivity index (χ0n) is 10.3. The normalized spacial score (nSPS) is 11.6. The molecular formula is C14H13ClN2OS. The van der Waals surface area contributed by atoms with Gasteiger partial charge in [-0.3, -0.25) is 0 Å². The number of amidine groups is 1. The highest BCUT2D eigenvalue weighted by Gasteiger charge is 2.10. The first-order chi connectivity index (χ1) is 9.11. The second kappa shape index (κ2) is 5.99. The summed E-state index contributed by atoms with van der Waals surface area (Å²) in [6, 6.07) is 13.4. The van der Waals surface area contributed by atoms with Crippen molar-refractivity contribution in [1.82, 2.24) is 0 Å². The number of nitrogens with two attached hydrogens (primary N) is 1. The predicted octanol–water partition coefficient (Wildman–Crippen LogP) is 3.89. The van der Waals surface area contributed by atoms with E-state index >= 15 is 0 Å². The lowest BCUT2D eigenvalue weighted by Crippen LogP contribution is -2.14. The van der Waals surface area contributed by atoms with Crippen LogP contribution in [-0.4, -0.2) is 11.0 Å². The molecule has 0 saturated carbocycles. The van der Waals surface area contributed by atoms with Gasteiger partial charge in [-0.15, -0.1) is 0 Å². The zero-order valence-corrected chi connectivity index (χ0v) is 11.9. The highest BCUT2D eigenvalue weighted by Crippen LogP contribution is 2.35. The molecule has 3 nitrogen and oxygen atoms in total. The average Bonchev–Trinajstić information content (AvgIpc) is 2.42. The maximum Gasteiger partial charge on any atom is 0.171 e. The number of hydrogen-bond donors (Lipinski definition) is 2. The topological polar surface area (TPSA) is 58.6 Å². The second-order valence-electron chi connectivity index (χ2n) is 4.02. The minimum absolute atomic E-state index is 0.0956. The van der Waals surface area contributed by atoms with Crippen LogP contribution in [0.5, 0.6) is 0 Å². The molecule has 0 spiro atoms. The maximum absolute atomic E-state index is 8.85. The molecule has 0 saturated heterocycles. The lowest BCUT2D eigenvalue weighted by molar-refractivity contribution is 0.318. The van der Waals surface area contributed by atoms with Crippen LogP contribution < -0.4 is 5.73 Å². The molecule has 5 heteroatoms. The van der Waals surface area contributed by atoms with Crippen LogP contribution in [0.3, 0.4) is 0 Å². The second-order valence-corrected chi connectivity index (χ2v) is 5.51. The van der Waals surface area contributed by atoms with E-state index in [4.69, 9.17) is 22.5 Å². The Bertz CT molecular complexity index is 629. The number of benzene rings is 2. The summed E-state index contributed by atoms with van der Waals surface area (Å²) in [4.78, 5) is 1.83. The molecule has 0 bridgehead atoms. The van der Waals surface area contributed by atoms with Gasteiger partial charge < -0.3 is 10.9 Å². The van der Waals surface area contributed by atoms with Crippen molar-refractivity contribution in [3.05, 3.63) is 58.6 Å². The molecular weight excluding hydrogens is 280 g/mol. The third-order valence-electron chi connectivity index (χ3n) is 2.58. The summed E-state index contributed by atoms with van der Waals surface area (Å²) in [7, 11) is 0. The van der Waals surface area contributed by atoms with Gasteiger partial charge in [0.25, 0.3) is 0 Å². The lowest BCUT2D eigenvalue weighted by Gasteiger charge is -2.10. The van der Waals surface area contributed by atoms with Crippen LogP contribution in [0.25, 0.3) is 0 Å². The van der Waals surface area contributed by atoms with Gasteiger partial charge in [0.15, 0.2) is 5.84 Å². The first-order valence-electron chi connectivity index (χ1n) is 5.62. The molecule has 0 aliphatic carbocycles. The van der Waals surface area contributed by atoms with Crippen LogP contribution in [0.2, 0.25) is 5.02 Å². The van der Waals surface area contributed by atoms with E-state index in [0.29, 0.717) is 10.6 Å². The Kier molecular flexibility index (Phi) is 4.35. The molecule has 0 radical (unpaired) electrons. The van der Waals surface area contributed by atoms with Crippen LogP contribution in [0.4, 0.5) is 0 Å². The highest BCUT2D eigenvalue weighted by atomic mass is 35.5. The summed E-state index contributed by atoms with van der Waals surface area (Å²) in [5.74, 6) is 0.0956. The molecule has 2 rings (SSSR count). The minimum atomic E-state index is 0.0956. The van der Waals surface area contributed by atoms with Crippen LogP contribution in [-0.2, 0) is 0 Å². The van der Waals surface area contributed by atoms with Crippen molar-refractivity contribution in [2.45, 2.75) is 16.7 Å². The van der Waals surface area contributed by atoms with E-state index in [1.54, 1.807) is 0 Å². The van der Waals surface area contributed by atoms with Crippen molar-refractivity contribution < 1.29 is 5.21 Å². The average molecular weight is 293 g/mol. The predicted molar refractivity (Wildman–Crippen MR) is 79.3 cm³/mol. The Labute approximate surface area is 121 Å². The van der Waals surface area contributed by atoms with Gasteiger partial charge in [0.2, 0.25) is 0 Å². The first kappa shape index (κ1) is 13.8. The quantitative estimate of drug-likeness (QED) is 0.390. The Morgan fingerprint density at radius 1 is 1.21 bits per heavy atom. The molecule has 0 unspecified atom stereocenters. The van der Waals surface area contributed by atoms with Crippen LogP contribution in [0.1, 0.15) is 11.1 Å². The SMILES string of the molecule is Cc1ccc(Sc2ccccc2Cl)c(/C(N)=N/O)c1. The minimum Gasteiger partial charge on any atom is -0.409 e. The molecule has 3 N–H and O–H groups in total. The summed E-state index contributed by atoms with van der Waals surface area (Å²) in [6.45, 7) is 1.96. The van der Waals surface area contributed by atoms with Gasteiger partial charge >= 0.3 is 0 Å². The molecule has 98 valence electrons. The first-order valence-corrected chi connectivity index (χ1v) is 6.82. The van der Waals surface area contributed by atoms with Crippen molar-refractivity contribution in [1.29, 1.82) is 0 Å². The molecule has 2 aromatic rings. The number of hydrogen-bond acceptors (Lipinski definition) is 3. The molecule has 2 aromatic carbocycles. The summed E-state index contributed by atoms with van der Waals surface area (Å²) in [5.41, 5.74) is 7.46. The Hall–Kier alpha value is -1.65. The van der Waals surface area contributed by atoms with Crippen molar-refractivity contribution in [2.75, 3.05) is 0 Å². The fraction of sp³-hybridized carbons (Fsp3) is 0.0714. The van der Waals surface area contributed by atoms with Gasteiger partial charge in [-0.05, 0) is 31.2 Å². The number of halogens is 1. The third kappa shape index (κ3) is 3.22. The van der Waals surface area contributed by atoms with Crippen molar-refractivity contribution >= 4 is 29.2 Å². The maximum atomic E-state index is 8.85. The van der Waals surface area contributed by atoms with E-state index in [9.17, 15) is 0 Å². The van der Waals surface area contributed by atoms with Crippen molar-refractivity contribution in [3.8, 4) is 0 Å². The molecule has 0 fully saturated rings. The number of rotatable bonds is 3. The lowest BCUT2D eigenvalue weighted by atomic mass is 10.1. The molecule has 0 amide bonds. The summed E-state index contributed by atoms with van der Waals surface area (Å²) in [5, 5.41) is 12.6. The Balaban J connectivity index is 2.43. The van der Waals surface area contributed by atoms with E-state index in [-0.39, 0.29) is 5.84 Å². The van der Waals surface area contributed by atoms with E-state index in [1.807, 2.05) is 49.4 Å². The monoisotopic (exact) mass is 292 g/mol. The van der Waals surface area contributed by atoms with Gasteiger partial charge in [-0.25, -0.2) is 0 Å². The van der Waals surface area contributed by atoms with E-state index < -0.39 is 0 Å². The van der Waals surface area contributed by atoms with E-state index in [0.717, 1.165) is 15.4 Å². The van der Waals surface area contributed by atoms with Crippen LogP contribution in [0, 0.1) is 6.92 Å². The largest absolute Gasteiger partial charge is 0.409 e. The summed E-state index contributed by atoms with van der Waals surface area (Å²) in [6.07, 6.45) is 0. The number of aryl methyl sites for hydroxylation is 1. The molecule has 19 heavy (non-hydrogen) atoms. The zero-order chi connectivity index (χ0) is 13.8. The standard InChI is InChI=1S/C14H13ClN2OS/c1-9-6-7-12(10(8-9)14(16)17-18)19-13-5-3-2-4-11(13)15/h2-8,18H,1H3,(H2,16,17). The van der Waals surface area contributed by atoms with Crippen molar-refractivity contribution in [2.24, 2.45) is 10.9 Å². The van der Waals surface area contributed by atoms with Gasteiger partial charge in [0.1, 0.15) is 0 Å². The van der Waals surface area contributed by atoms with E-state index in [2.05, 4.69) is 5.16 Å². The van der Waals surface area contributed by atoms with Crippen LogP contribution >= 0.6 is 23.4 Å². The molecule has 0 heterocycles. The van der Waals surface area contributed by atoms with Gasteiger partial charge in [0.05, 0.1) is 5.02 Å². The molecule has 0 atom stereocenters. The molecule has 0 aromatic heterocycles. The highest BCUT2D eigenvalue weighted by molar-refractivity contribution is 7.99. The summed E-state index contributed by atoms with van der Waals surface area (Å²) >= 11 is 7.63. The molecule has 0 aliphatic heterocycles. The van der Waals surface area contributed by atoms with Gasteiger partial charge in [0, 0.05) is 15.4 Å². The van der Waals surface area contributed by atoms with Gasteiger partial charge in [-0.1, -0.05) is 52.3 Å². The fourth-order valence-electron chi connectivity index (χ4n) is 1.63. The number of oxime groups is 1. The van der Waals surface area contributed by atoms with Crippen molar-refractivity contribution in [3.63, 3.8) is 0 Å². The molecule has 0 aliphatic rings. The smallest absolute Gasteiger partial charge is 0.171 e. The fourth-order valence-corrected chi connectivity index (χ4v) is 2.84. The summed E-state index contributed by atoms with van der Waals surface area (Å²) < 4.78 is 0. The van der Waals surface area contributed by atoms with E-state index in [1.165, 1.54) is 11.8 Å². The van der Waals surface area contributed by atoms with Crippen LogP contribution in [0.15, 0.2) is 57.4 Å². The number of nitrogens with zero attached hydrogens (tertiary/aromatic N) is 1.